The number of nitrogens with zero attached hydrogens (tertiary/aromatic N) is 2. The van der Waals surface area contributed by atoms with Gasteiger partial charge in [0.25, 0.3) is 0 Å². The van der Waals surface area contributed by atoms with E-state index in [2.05, 4.69) is 20.5 Å². The molecule has 0 bridgehead atoms. The SMILES string of the molecule is CC(C)C(=O)Nc1ccc(C(=O)C(C)Sc2n[nH]c(-c3cccs3)n2)cc1. The zero-order valence-electron chi connectivity index (χ0n) is 15.2. The molecule has 27 heavy (non-hydrogen) atoms. The van der Waals surface area contributed by atoms with Crippen molar-refractivity contribution in [1.29, 1.82) is 0 Å². The normalized spacial score (nSPS) is 12.1. The van der Waals surface area contributed by atoms with Gasteiger partial charge in [-0.3, -0.25) is 14.7 Å². The Morgan fingerprint density at radius 3 is 2.52 bits per heavy atom. The summed E-state index contributed by atoms with van der Waals surface area (Å²) in [7, 11) is 0. The van der Waals surface area contributed by atoms with Gasteiger partial charge in [-0.25, -0.2) is 4.98 Å². The van der Waals surface area contributed by atoms with Gasteiger partial charge in [0.1, 0.15) is 0 Å². The number of hydrogen-bond donors (Lipinski definition) is 2. The number of hydrogen-bond acceptors (Lipinski definition) is 6. The minimum Gasteiger partial charge on any atom is -0.326 e. The van der Waals surface area contributed by atoms with E-state index in [1.807, 2.05) is 38.3 Å². The molecule has 2 heterocycles. The van der Waals surface area contributed by atoms with Crippen molar-refractivity contribution in [2.45, 2.75) is 31.2 Å². The highest BCUT2D eigenvalue weighted by molar-refractivity contribution is 8.00. The lowest BCUT2D eigenvalue weighted by atomic mass is 10.1. The predicted octanol–water partition coefficient (Wildman–Crippen LogP) is 4.49. The van der Waals surface area contributed by atoms with Crippen LogP contribution in [0.1, 0.15) is 31.1 Å². The van der Waals surface area contributed by atoms with Crippen molar-refractivity contribution >= 4 is 40.5 Å². The summed E-state index contributed by atoms with van der Waals surface area (Å²) in [5.74, 6) is 0.550. The third-order valence-corrected chi connectivity index (χ3v) is 5.67. The summed E-state index contributed by atoms with van der Waals surface area (Å²) in [6, 6.07) is 10.9. The van der Waals surface area contributed by atoms with Gasteiger partial charge in [-0.1, -0.05) is 31.7 Å². The number of aromatic nitrogens is 3. The first-order chi connectivity index (χ1) is 12.9. The lowest BCUT2D eigenvalue weighted by Crippen LogP contribution is -2.18. The minimum absolute atomic E-state index is 0.00999. The monoisotopic (exact) mass is 400 g/mol. The molecule has 1 atom stereocenters. The van der Waals surface area contributed by atoms with E-state index in [1.54, 1.807) is 35.6 Å². The minimum atomic E-state index is -0.326. The van der Waals surface area contributed by atoms with Crippen LogP contribution < -0.4 is 5.32 Å². The zero-order chi connectivity index (χ0) is 19.4. The topological polar surface area (TPSA) is 87.7 Å². The summed E-state index contributed by atoms with van der Waals surface area (Å²) in [6.45, 7) is 5.50. The molecular weight excluding hydrogens is 380 g/mol. The molecule has 8 heteroatoms. The van der Waals surface area contributed by atoms with Crippen LogP contribution in [0.2, 0.25) is 0 Å². The van der Waals surface area contributed by atoms with Gasteiger partial charge in [0, 0.05) is 17.2 Å². The Labute approximate surface area is 165 Å². The van der Waals surface area contributed by atoms with Crippen molar-refractivity contribution in [3.05, 3.63) is 47.3 Å². The van der Waals surface area contributed by atoms with Crippen LogP contribution in [-0.4, -0.2) is 32.1 Å². The molecule has 0 saturated carbocycles. The van der Waals surface area contributed by atoms with E-state index in [1.165, 1.54) is 11.8 Å². The van der Waals surface area contributed by atoms with E-state index in [-0.39, 0.29) is 22.9 Å². The lowest BCUT2D eigenvalue weighted by Gasteiger charge is -2.10. The van der Waals surface area contributed by atoms with Crippen LogP contribution in [0.5, 0.6) is 0 Å². The van der Waals surface area contributed by atoms with E-state index >= 15 is 0 Å². The molecule has 0 radical (unpaired) electrons. The standard InChI is InChI=1S/C19H20N4O2S2/c1-11(2)18(25)20-14-8-6-13(7-9-14)16(24)12(3)27-19-21-17(22-23-19)15-5-4-10-26-15/h4-12H,1-3H3,(H,20,25)(H,21,22,23). The maximum absolute atomic E-state index is 12.7. The maximum Gasteiger partial charge on any atom is 0.226 e. The van der Waals surface area contributed by atoms with Gasteiger partial charge in [-0.15, -0.1) is 16.4 Å². The summed E-state index contributed by atoms with van der Waals surface area (Å²) >= 11 is 2.89. The first kappa shape index (κ1) is 19.3. The number of nitrogens with one attached hydrogen (secondary N) is 2. The summed E-state index contributed by atoms with van der Waals surface area (Å²) in [5.41, 5.74) is 1.27. The van der Waals surface area contributed by atoms with Crippen molar-refractivity contribution in [3.8, 4) is 10.7 Å². The Morgan fingerprint density at radius 1 is 1.15 bits per heavy atom. The summed E-state index contributed by atoms with van der Waals surface area (Å²) < 4.78 is 0. The molecule has 3 aromatic rings. The Balaban J connectivity index is 1.62. The molecule has 0 spiro atoms. The highest BCUT2D eigenvalue weighted by atomic mass is 32.2. The number of thiophene rings is 1. The van der Waals surface area contributed by atoms with E-state index in [0.29, 0.717) is 22.2 Å². The van der Waals surface area contributed by atoms with Gasteiger partial charge in [0.05, 0.1) is 10.1 Å². The van der Waals surface area contributed by atoms with Crippen LogP contribution in [0.15, 0.2) is 46.9 Å². The number of H-pyrrole nitrogens is 1. The average molecular weight is 401 g/mol. The first-order valence-corrected chi connectivity index (χ1v) is 10.3. The molecule has 0 aliphatic rings. The van der Waals surface area contributed by atoms with Gasteiger partial charge in [-0.2, -0.15) is 0 Å². The van der Waals surface area contributed by atoms with Crippen LogP contribution in [0, 0.1) is 5.92 Å². The molecule has 0 saturated heterocycles. The van der Waals surface area contributed by atoms with E-state index in [9.17, 15) is 9.59 Å². The highest BCUT2D eigenvalue weighted by Crippen LogP contribution is 2.27. The smallest absolute Gasteiger partial charge is 0.226 e. The Kier molecular flexibility index (Phi) is 6.08. The molecule has 0 aliphatic heterocycles. The fourth-order valence-electron chi connectivity index (χ4n) is 2.27. The van der Waals surface area contributed by atoms with E-state index < -0.39 is 0 Å². The number of ketones is 1. The zero-order valence-corrected chi connectivity index (χ0v) is 16.9. The third-order valence-electron chi connectivity index (χ3n) is 3.83. The van der Waals surface area contributed by atoms with Crippen LogP contribution in [0.25, 0.3) is 10.7 Å². The third kappa shape index (κ3) is 4.84. The van der Waals surface area contributed by atoms with Crippen LogP contribution in [-0.2, 0) is 4.79 Å². The van der Waals surface area contributed by atoms with Gasteiger partial charge in [0.15, 0.2) is 11.6 Å². The molecule has 0 fully saturated rings. The number of aromatic amines is 1. The molecule has 140 valence electrons. The number of thioether (sulfide) groups is 1. The number of carbonyl (C=O) groups excluding carboxylic acids is 2. The van der Waals surface area contributed by atoms with Crippen LogP contribution in [0.3, 0.4) is 0 Å². The quantitative estimate of drug-likeness (QED) is 0.451. The number of amides is 1. The molecule has 1 aromatic carbocycles. The molecular formula is C19H20N4O2S2. The van der Waals surface area contributed by atoms with Crippen LogP contribution >= 0.6 is 23.1 Å². The average Bonchev–Trinajstić information content (AvgIpc) is 3.33. The molecule has 1 amide bonds. The molecule has 6 nitrogen and oxygen atoms in total. The highest BCUT2D eigenvalue weighted by Gasteiger charge is 2.19. The Morgan fingerprint density at radius 2 is 1.89 bits per heavy atom. The second-order valence-corrected chi connectivity index (χ2v) is 8.55. The van der Waals surface area contributed by atoms with E-state index in [0.717, 1.165) is 4.88 Å². The lowest BCUT2D eigenvalue weighted by molar-refractivity contribution is -0.118. The molecule has 3 rings (SSSR count). The maximum atomic E-state index is 12.7. The first-order valence-electron chi connectivity index (χ1n) is 8.52. The number of anilines is 1. The van der Waals surface area contributed by atoms with Gasteiger partial charge < -0.3 is 5.32 Å². The largest absolute Gasteiger partial charge is 0.326 e. The summed E-state index contributed by atoms with van der Waals surface area (Å²) in [5, 5.41) is 12.1. The Hall–Kier alpha value is -2.45. The fraction of sp³-hybridized carbons (Fsp3) is 0.263. The molecule has 2 aromatic heterocycles. The van der Waals surface area contributed by atoms with Crippen molar-refractivity contribution in [2.75, 3.05) is 5.32 Å². The number of rotatable bonds is 7. The van der Waals surface area contributed by atoms with Crippen LogP contribution in [0.4, 0.5) is 5.69 Å². The summed E-state index contributed by atoms with van der Waals surface area (Å²) in [6.07, 6.45) is 0. The van der Waals surface area contributed by atoms with Gasteiger partial charge in [0.2, 0.25) is 11.1 Å². The summed E-state index contributed by atoms with van der Waals surface area (Å²) in [4.78, 5) is 29.8. The number of carbonyl (C=O) groups is 2. The van der Waals surface area contributed by atoms with Crippen molar-refractivity contribution in [1.82, 2.24) is 15.2 Å². The molecule has 2 N–H and O–H groups in total. The second kappa shape index (κ2) is 8.49. The van der Waals surface area contributed by atoms with Crippen molar-refractivity contribution < 1.29 is 9.59 Å². The van der Waals surface area contributed by atoms with E-state index in [4.69, 9.17) is 0 Å². The van der Waals surface area contributed by atoms with Gasteiger partial charge >= 0.3 is 0 Å². The second-order valence-electron chi connectivity index (χ2n) is 6.29. The molecule has 0 aliphatic carbocycles. The fourth-order valence-corrected chi connectivity index (χ4v) is 3.74. The van der Waals surface area contributed by atoms with Crippen molar-refractivity contribution in [2.24, 2.45) is 5.92 Å². The van der Waals surface area contributed by atoms with Crippen molar-refractivity contribution in [3.63, 3.8) is 0 Å². The molecule has 1 unspecified atom stereocenters. The number of benzene rings is 1. The predicted molar refractivity (Wildman–Crippen MR) is 109 cm³/mol. The Bertz CT molecular complexity index is 918. The van der Waals surface area contributed by atoms with Gasteiger partial charge in [-0.05, 0) is 42.6 Å². The number of Topliss-reactive ketones (excluding diaryl/α,β-unsaturated/α-hetero) is 1.